The van der Waals surface area contributed by atoms with Crippen molar-refractivity contribution >= 4 is 11.2 Å². The van der Waals surface area contributed by atoms with Crippen LogP contribution in [0.4, 0.5) is 0 Å². The third-order valence-corrected chi connectivity index (χ3v) is 4.21. The maximum atomic E-state index is 5.56. The Labute approximate surface area is 142 Å². The Balaban J connectivity index is 2.05. The van der Waals surface area contributed by atoms with E-state index in [4.69, 9.17) is 15.5 Å². The number of nitrogens with zero attached hydrogens (tertiary/aromatic N) is 3. The molecule has 24 heavy (non-hydrogen) atoms. The Hall–Kier alpha value is -2.24. The maximum Gasteiger partial charge on any atom is 0.160 e. The minimum atomic E-state index is 0.534. The van der Waals surface area contributed by atoms with Gasteiger partial charge in [0.05, 0.1) is 13.2 Å². The van der Waals surface area contributed by atoms with Crippen molar-refractivity contribution in [1.29, 1.82) is 0 Å². The van der Waals surface area contributed by atoms with Crippen LogP contribution in [0.2, 0.25) is 0 Å². The molecule has 5 nitrogen and oxygen atoms in total. The molecule has 3 rings (SSSR count). The molecule has 0 bridgehead atoms. The quantitative estimate of drug-likeness (QED) is 0.708. The highest BCUT2D eigenvalue weighted by Gasteiger charge is 2.14. The van der Waals surface area contributed by atoms with Crippen LogP contribution in [0, 0.1) is 20.8 Å². The van der Waals surface area contributed by atoms with Gasteiger partial charge in [0.25, 0.3) is 0 Å². The first kappa shape index (κ1) is 16.6. The standard InChI is InChI=1S/C19H24N4O/c1-13-10-17-19(21-12-13)23(7-9-24-8-6-20)18(22-17)16-5-4-14(2)15(3)11-16/h4-5,10-12H,6-9,20H2,1-3H3. The van der Waals surface area contributed by atoms with Crippen molar-refractivity contribution in [3.63, 3.8) is 0 Å². The first-order valence-electron chi connectivity index (χ1n) is 8.28. The van der Waals surface area contributed by atoms with E-state index >= 15 is 0 Å². The molecule has 3 aromatic rings. The number of pyridine rings is 1. The lowest BCUT2D eigenvalue weighted by Crippen LogP contribution is -2.13. The zero-order valence-electron chi connectivity index (χ0n) is 14.5. The average Bonchev–Trinajstić information content (AvgIpc) is 2.92. The lowest BCUT2D eigenvalue weighted by Gasteiger charge is -2.10. The average molecular weight is 324 g/mol. The van der Waals surface area contributed by atoms with Gasteiger partial charge in [0, 0.05) is 24.8 Å². The zero-order chi connectivity index (χ0) is 17.1. The molecule has 2 N–H and O–H groups in total. The van der Waals surface area contributed by atoms with Crippen LogP contribution in [0.5, 0.6) is 0 Å². The molecule has 0 spiro atoms. The predicted molar refractivity (Wildman–Crippen MR) is 97.0 cm³/mol. The topological polar surface area (TPSA) is 66.0 Å². The molecule has 0 unspecified atom stereocenters. The van der Waals surface area contributed by atoms with Crippen molar-refractivity contribution in [2.24, 2.45) is 5.73 Å². The Morgan fingerprint density at radius 3 is 2.67 bits per heavy atom. The van der Waals surface area contributed by atoms with E-state index in [2.05, 4.69) is 47.7 Å². The van der Waals surface area contributed by atoms with Gasteiger partial charge in [-0.05, 0) is 49.6 Å². The number of benzene rings is 1. The molecule has 0 radical (unpaired) electrons. The second-order valence-electron chi connectivity index (χ2n) is 6.14. The van der Waals surface area contributed by atoms with Crippen molar-refractivity contribution in [2.75, 3.05) is 19.8 Å². The fourth-order valence-corrected chi connectivity index (χ4v) is 2.77. The number of hydrogen-bond acceptors (Lipinski definition) is 4. The van der Waals surface area contributed by atoms with Gasteiger partial charge in [-0.3, -0.25) is 0 Å². The molecule has 0 saturated carbocycles. The van der Waals surface area contributed by atoms with Crippen LogP contribution in [0.3, 0.4) is 0 Å². The molecular weight excluding hydrogens is 300 g/mol. The lowest BCUT2D eigenvalue weighted by atomic mass is 10.1. The molecule has 0 aliphatic carbocycles. The van der Waals surface area contributed by atoms with Crippen LogP contribution < -0.4 is 5.73 Å². The normalized spacial score (nSPS) is 11.3. The summed E-state index contributed by atoms with van der Waals surface area (Å²) < 4.78 is 7.70. The first-order valence-corrected chi connectivity index (χ1v) is 8.28. The van der Waals surface area contributed by atoms with Crippen molar-refractivity contribution < 1.29 is 4.74 Å². The monoisotopic (exact) mass is 324 g/mol. The van der Waals surface area contributed by atoms with Crippen LogP contribution in [0.25, 0.3) is 22.6 Å². The summed E-state index contributed by atoms with van der Waals surface area (Å²) in [5, 5.41) is 0. The van der Waals surface area contributed by atoms with Crippen LogP contribution in [0.15, 0.2) is 30.5 Å². The van der Waals surface area contributed by atoms with Crippen molar-refractivity contribution in [2.45, 2.75) is 27.3 Å². The van der Waals surface area contributed by atoms with Crippen molar-refractivity contribution in [3.05, 3.63) is 47.2 Å². The van der Waals surface area contributed by atoms with Gasteiger partial charge >= 0.3 is 0 Å². The van der Waals surface area contributed by atoms with E-state index in [-0.39, 0.29) is 0 Å². The molecule has 0 fully saturated rings. The predicted octanol–water partition coefficient (Wildman–Crippen LogP) is 3.00. The number of nitrogens with two attached hydrogens (primary N) is 1. The summed E-state index contributed by atoms with van der Waals surface area (Å²) >= 11 is 0. The maximum absolute atomic E-state index is 5.56. The zero-order valence-corrected chi connectivity index (χ0v) is 14.5. The molecule has 0 amide bonds. The number of aryl methyl sites for hydroxylation is 3. The van der Waals surface area contributed by atoms with Gasteiger partial charge in [0.15, 0.2) is 5.65 Å². The molecule has 2 heterocycles. The van der Waals surface area contributed by atoms with Gasteiger partial charge in [-0.25, -0.2) is 9.97 Å². The molecule has 0 saturated heterocycles. The summed E-state index contributed by atoms with van der Waals surface area (Å²) in [4.78, 5) is 9.42. The second kappa shape index (κ2) is 7.11. The van der Waals surface area contributed by atoms with E-state index in [0.717, 1.165) is 28.1 Å². The van der Waals surface area contributed by atoms with Gasteiger partial charge in [-0.2, -0.15) is 0 Å². The van der Waals surface area contributed by atoms with E-state index < -0.39 is 0 Å². The third-order valence-electron chi connectivity index (χ3n) is 4.21. The van der Waals surface area contributed by atoms with Gasteiger partial charge in [0.1, 0.15) is 11.3 Å². The molecule has 2 aromatic heterocycles. The Morgan fingerprint density at radius 1 is 1.08 bits per heavy atom. The van der Waals surface area contributed by atoms with Crippen molar-refractivity contribution in [1.82, 2.24) is 14.5 Å². The van der Waals surface area contributed by atoms with Gasteiger partial charge < -0.3 is 15.0 Å². The van der Waals surface area contributed by atoms with E-state index in [1.54, 1.807) is 0 Å². The molecular formula is C19H24N4O. The van der Waals surface area contributed by atoms with E-state index in [1.807, 2.05) is 13.1 Å². The van der Waals surface area contributed by atoms with Crippen LogP contribution in [-0.4, -0.2) is 34.3 Å². The molecule has 5 heteroatoms. The number of ether oxygens (including phenoxy) is 1. The number of fused-ring (bicyclic) bond motifs is 1. The lowest BCUT2D eigenvalue weighted by molar-refractivity contribution is 0.134. The number of aromatic nitrogens is 3. The van der Waals surface area contributed by atoms with Crippen LogP contribution in [0.1, 0.15) is 16.7 Å². The second-order valence-corrected chi connectivity index (χ2v) is 6.14. The minimum Gasteiger partial charge on any atom is -0.378 e. The number of hydrogen-bond donors (Lipinski definition) is 1. The fourth-order valence-electron chi connectivity index (χ4n) is 2.77. The summed E-state index contributed by atoms with van der Waals surface area (Å²) in [7, 11) is 0. The SMILES string of the molecule is Cc1cnc2c(c1)nc(-c1ccc(C)c(C)c1)n2CCOCCN. The highest BCUT2D eigenvalue weighted by Crippen LogP contribution is 2.26. The highest BCUT2D eigenvalue weighted by molar-refractivity contribution is 5.77. The molecule has 0 atom stereocenters. The Kier molecular flexibility index (Phi) is 4.92. The van der Waals surface area contributed by atoms with Crippen molar-refractivity contribution in [3.8, 4) is 11.4 Å². The molecule has 1 aromatic carbocycles. The summed E-state index contributed by atoms with van der Waals surface area (Å²) in [6.45, 7) is 8.67. The Bertz CT molecular complexity index is 854. The Morgan fingerprint density at radius 2 is 1.92 bits per heavy atom. The summed E-state index contributed by atoms with van der Waals surface area (Å²) in [6, 6.07) is 8.51. The minimum absolute atomic E-state index is 0.534. The number of imidazole rings is 1. The summed E-state index contributed by atoms with van der Waals surface area (Å²) in [5.41, 5.74) is 12.1. The van der Waals surface area contributed by atoms with Crippen LogP contribution >= 0.6 is 0 Å². The number of rotatable bonds is 6. The van der Waals surface area contributed by atoms with E-state index in [1.165, 1.54) is 11.1 Å². The van der Waals surface area contributed by atoms with E-state index in [9.17, 15) is 0 Å². The van der Waals surface area contributed by atoms with Gasteiger partial charge in [-0.1, -0.05) is 12.1 Å². The molecule has 0 aliphatic rings. The highest BCUT2D eigenvalue weighted by atomic mass is 16.5. The van der Waals surface area contributed by atoms with E-state index in [0.29, 0.717) is 26.3 Å². The largest absolute Gasteiger partial charge is 0.378 e. The van der Waals surface area contributed by atoms with Gasteiger partial charge in [0.2, 0.25) is 0 Å². The summed E-state index contributed by atoms with van der Waals surface area (Å²) in [5.74, 6) is 0.933. The third kappa shape index (κ3) is 3.32. The fraction of sp³-hybridized carbons (Fsp3) is 0.368. The molecule has 0 aliphatic heterocycles. The smallest absolute Gasteiger partial charge is 0.160 e. The van der Waals surface area contributed by atoms with Crippen LogP contribution in [-0.2, 0) is 11.3 Å². The molecule has 126 valence electrons. The summed E-state index contributed by atoms with van der Waals surface area (Å²) in [6.07, 6.45) is 1.88. The first-order chi connectivity index (χ1) is 11.6. The van der Waals surface area contributed by atoms with Gasteiger partial charge in [-0.15, -0.1) is 0 Å².